The minimum absolute atomic E-state index is 0.0731. The maximum absolute atomic E-state index is 12.3. The van der Waals surface area contributed by atoms with E-state index in [1.165, 1.54) is 11.6 Å². The van der Waals surface area contributed by atoms with Crippen LogP contribution in [0, 0.1) is 6.92 Å². The second-order valence-corrected chi connectivity index (χ2v) is 6.66. The van der Waals surface area contributed by atoms with Crippen molar-refractivity contribution >= 4 is 0 Å². The van der Waals surface area contributed by atoms with Crippen LogP contribution in [0.4, 0.5) is 0 Å². The number of aryl methyl sites for hydroxylation is 2. The van der Waals surface area contributed by atoms with E-state index in [1.807, 2.05) is 19.1 Å². The van der Waals surface area contributed by atoms with Gasteiger partial charge in [-0.05, 0) is 19.1 Å². The molecule has 1 aliphatic heterocycles. The second-order valence-electron chi connectivity index (χ2n) is 6.66. The van der Waals surface area contributed by atoms with Gasteiger partial charge in [-0.2, -0.15) is 0 Å². The molecule has 3 heterocycles. The third kappa shape index (κ3) is 3.98. The van der Waals surface area contributed by atoms with Gasteiger partial charge in [-0.15, -0.1) is 0 Å². The van der Waals surface area contributed by atoms with Crippen LogP contribution in [0.2, 0.25) is 0 Å². The van der Waals surface area contributed by atoms with Crippen LogP contribution >= 0.6 is 0 Å². The first-order chi connectivity index (χ1) is 12.5. The van der Waals surface area contributed by atoms with Gasteiger partial charge in [-0.1, -0.05) is 0 Å². The summed E-state index contributed by atoms with van der Waals surface area (Å²) in [6.07, 6.45) is 1.60. The summed E-state index contributed by atoms with van der Waals surface area (Å²) in [6, 6.07) is 4.04. The van der Waals surface area contributed by atoms with Crippen molar-refractivity contribution in [3.63, 3.8) is 0 Å². The molecule has 1 aliphatic rings. The molecule has 0 aliphatic carbocycles. The molecule has 0 radical (unpaired) electrons. The van der Waals surface area contributed by atoms with Gasteiger partial charge >= 0.3 is 5.69 Å². The van der Waals surface area contributed by atoms with E-state index in [2.05, 4.69) is 10.2 Å². The molecule has 8 nitrogen and oxygen atoms in total. The van der Waals surface area contributed by atoms with E-state index >= 15 is 0 Å². The highest BCUT2D eigenvalue weighted by Crippen LogP contribution is 2.23. The number of rotatable bonds is 6. The standard InChI is InChI=1S/C18H26N4O4/c1-13-4-5-16(26-13)15(22-6-8-25-9-7-22)11-19-10-14-12-20(2)18(24)21(3)17(14)23/h4-5,12,15,19H,6-11H2,1-3H3. The van der Waals surface area contributed by atoms with Crippen molar-refractivity contribution in [3.8, 4) is 0 Å². The minimum atomic E-state index is -0.323. The highest BCUT2D eigenvalue weighted by atomic mass is 16.5. The molecule has 3 rings (SSSR count). The lowest BCUT2D eigenvalue weighted by Gasteiger charge is -2.33. The first-order valence-electron chi connectivity index (χ1n) is 8.81. The fourth-order valence-corrected chi connectivity index (χ4v) is 3.28. The first-order valence-corrected chi connectivity index (χ1v) is 8.81. The molecule has 0 bridgehead atoms. The van der Waals surface area contributed by atoms with Gasteiger partial charge in [0.1, 0.15) is 11.5 Å². The Kier molecular flexibility index (Phi) is 5.75. The zero-order valence-electron chi connectivity index (χ0n) is 15.5. The molecule has 0 saturated carbocycles. The number of nitrogens with one attached hydrogen (secondary N) is 1. The van der Waals surface area contributed by atoms with E-state index in [0.29, 0.717) is 31.9 Å². The monoisotopic (exact) mass is 362 g/mol. The normalized spacial score (nSPS) is 16.7. The summed E-state index contributed by atoms with van der Waals surface area (Å²) in [5, 5.41) is 3.35. The topological polar surface area (TPSA) is 81.6 Å². The maximum atomic E-state index is 12.3. The molecule has 1 saturated heterocycles. The molecular formula is C18H26N4O4. The quantitative estimate of drug-likeness (QED) is 0.788. The lowest BCUT2D eigenvalue weighted by atomic mass is 10.1. The van der Waals surface area contributed by atoms with Gasteiger partial charge in [0.2, 0.25) is 0 Å². The summed E-state index contributed by atoms with van der Waals surface area (Å²) in [5.74, 6) is 1.79. The minimum Gasteiger partial charge on any atom is -0.465 e. The zero-order chi connectivity index (χ0) is 18.7. The maximum Gasteiger partial charge on any atom is 0.330 e. The van der Waals surface area contributed by atoms with Gasteiger partial charge in [0.05, 0.1) is 19.3 Å². The Balaban J connectivity index is 1.72. The number of nitrogens with zero attached hydrogens (tertiary/aromatic N) is 3. The molecule has 26 heavy (non-hydrogen) atoms. The molecule has 0 aromatic carbocycles. The van der Waals surface area contributed by atoms with Crippen LogP contribution in [-0.2, 0) is 25.4 Å². The van der Waals surface area contributed by atoms with E-state index in [9.17, 15) is 9.59 Å². The van der Waals surface area contributed by atoms with E-state index in [-0.39, 0.29) is 17.3 Å². The smallest absolute Gasteiger partial charge is 0.330 e. The van der Waals surface area contributed by atoms with Crippen LogP contribution < -0.4 is 16.6 Å². The molecule has 1 unspecified atom stereocenters. The van der Waals surface area contributed by atoms with Crippen LogP contribution in [0.3, 0.4) is 0 Å². The lowest BCUT2D eigenvalue weighted by Crippen LogP contribution is -2.43. The van der Waals surface area contributed by atoms with Gasteiger partial charge in [0.15, 0.2) is 0 Å². The Morgan fingerprint density at radius 1 is 1.19 bits per heavy atom. The molecule has 2 aromatic heterocycles. The highest BCUT2D eigenvalue weighted by molar-refractivity contribution is 5.11. The number of aromatic nitrogens is 2. The molecule has 142 valence electrons. The Bertz CT molecular complexity index is 861. The summed E-state index contributed by atoms with van der Waals surface area (Å²) in [7, 11) is 3.14. The largest absolute Gasteiger partial charge is 0.465 e. The zero-order valence-corrected chi connectivity index (χ0v) is 15.5. The molecule has 1 atom stereocenters. The van der Waals surface area contributed by atoms with Crippen LogP contribution in [0.25, 0.3) is 0 Å². The van der Waals surface area contributed by atoms with Crippen LogP contribution in [-0.4, -0.2) is 46.9 Å². The summed E-state index contributed by atoms with van der Waals surface area (Å²) >= 11 is 0. The Morgan fingerprint density at radius 3 is 2.58 bits per heavy atom. The third-order valence-electron chi connectivity index (χ3n) is 4.75. The van der Waals surface area contributed by atoms with Crippen LogP contribution in [0.15, 0.2) is 32.3 Å². The molecule has 0 spiro atoms. The second kappa shape index (κ2) is 8.03. The van der Waals surface area contributed by atoms with Crippen molar-refractivity contribution in [1.29, 1.82) is 0 Å². The van der Waals surface area contributed by atoms with Crippen molar-refractivity contribution in [2.24, 2.45) is 14.1 Å². The summed E-state index contributed by atoms with van der Waals surface area (Å²) in [4.78, 5) is 26.4. The van der Waals surface area contributed by atoms with Crippen LogP contribution in [0.1, 0.15) is 23.1 Å². The summed E-state index contributed by atoms with van der Waals surface area (Å²) < 4.78 is 13.9. The number of hydrogen-bond donors (Lipinski definition) is 1. The number of hydrogen-bond acceptors (Lipinski definition) is 6. The number of ether oxygens (including phenoxy) is 1. The van der Waals surface area contributed by atoms with Crippen molar-refractivity contribution < 1.29 is 9.15 Å². The molecule has 0 amide bonds. The third-order valence-corrected chi connectivity index (χ3v) is 4.75. The van der Waals surface area contributed by atoms with Crippen molar-refractivity contribution in [3.05, 3.63) is 56.3 Å². The van der Waals surface area contributed by atoms with Gasteiger partial charge in [-0.3, -0.25) is 14.3 Å². The first kappa shape index (κ1) is 18.6. The van der Waals surface area contributed by atoms with E-state index in [0.717, 1.165) is 29.2 Å². The van der Waals surface area contributed by atoms with Gasteiger partial charge in [0.25, 0.3) is 5.56 Å². The number of furan rings is 1. The summed E-state index contributed by atoms with van der Waals surface area (Å²) in [6.45, 7) is 6.05. The Labute approximate surface area is 152 Å². The summed E-state index contributed by atoms with van der Waals surface area (Å²) in [5.41, 5.74) is -0.0284. The van der Waals surface area contributed by atoms with Crippen LogP contribution in [0.5, 0.6) is 0 Å². The molecular weight excluding hydrogens is 336 g/mol. The molecule has 8 heteroatoms. The highest BCUT2D eigenvalue weighted by Gasteiger charge is 2.25. The average Bonchev–Trinajstić information content (AvgIpc) is 3.07. The molecule has 2 aromatic rings. The predicted octanol–water partition coefficient (Wildman–Crippen LogP) is 0.149. The van der Waals surface area contributed by atoms with Gasteiger partial charge < -0.3 is 19.0 Å². The molecule has 1 fully saturated rings. The molecule has 1 N–H and O–H groups in total. The van der Waals surface area contributed by atoms with E-state index in [4.69, 9.17) is 9.15 Å². The predicted molar refractivity (Wildman–Crippen MR) is 97.2 cm³/mol. The van der Waals surface area contributed by atoms with Crippen molar-refractivity contribution in [1.82, 2.24) is 19.4 Å². The Morgan fingerprint density at radius 2 is 1.92 bits per heavy atom. The Hall–Kier alpha value is -2.16. The van der Waals surface area contributed by atoms with Crippen molar-refractivity contribution in [2.75, 3.05) is 32.8 Å². The van der Waals surface area contributed by atoms with Crippen molar-refractivity contribution in [2.45, 2.75) is 19.5 Å². The van der Waals surface area contributed by atoms with Gasteiger partial charge in [0, 0.05) is 52.0 Å². The van der Waals surface area contributed by atoms with E-state index < -0.39 is 0 Å². The fourth-order valence-electron chi connectivity index (χ4n) is 3.28. The average molecular weight is 362 g/mol. The fraction of sp³-hybridized carbons (Fsp3) is 0.556. The van der Waals surface area contributed by atoms with Gasteiger partial charge in [-0.25, -0.2) is 4.79 Å². The number of morpholine rings is 1. The lowest BCUT2D eigenvalue weighted by molar-refractivity contribution is 0.0115. The van der Waals surface area contributed by atoms with E-state index in [1.54, 1.807) is 13.2 Å². The SMILES string of the molecule is Cc1ccc(C(CNCc2cn(C)c(=O)n(C)c2=O)N2CCOCC2)o1.